The molecule has 1 unspecified atom stereocenters. The van der Waals surface area contributed by atoms with E-state index in [1.807, 2.05) is 0 Å². The molecular formula is C7H8O6. The van der Waals surface area contributed by atoms with Crippen LogP contribution in [-0.2, 0) is 14.4 Å². The lowest BCUT2D eigenvalue weighted by Crippen LogP contribution is -2.23. The zero-order valence-electron chi connectivity index (χ0n) is 6.56. The van der Waals surface area contributed by atoms with Gasteiger partial charge in [0.25, 0.3) is 0 Å². The SMILES string of the molecule is C=C(C(=O)O)C(CC(=O)O)C(=O)O. The number of carboxylic acids is 3. The Morgan fingerprint density at radius 2 is 1.62 bits per heavy atom. The maximum atomic E-state index is 10.4. The van der Waals surface area contributed by atoms with Crippen molar-refractivity contribution in [2.75, 3.05) is 0 Å². The van der Waals surface area contributed by atoms with E-state index in [4.69, 9.17) is 15.3 Å². The van der Waals surface area contributed by atoms with E-state index in [9.17, 15) is 14.4 Å². The highest BCUT2D eigenvalue weighted by molar-refractivity contribution is 5.94. The largest absolute Gasteiger partial charge is 0.481 e. The Balaban J connectivity index is 4.61. The van der Waals surface area contributed by atoms with Gasteiger partial charge in [-0.15, -0.1) is 0 Å². The topological polar surface area (TPSA) is 112 Å². The fourth-order valence-electron chi connectivity index (χ4n) is 0.683. The smallest absolute Gasteiger partial charge is 0.331 e. The first-order chi connectivity index (χ1) is 5.86. The van der Waals surface area contributed by atoms with Crippen molar-refractivity contribution in [1.29, 1.82) is 0 Å². The normalized spacial score (nSPS) is 11.7. The molecular weight excluding hydrogens is 180 g/mol. The number of carboxylic acid groups (broad SMARTS) is 3. The van der Waals surface area contributed by atoms with Crippen LogP contribution in [0.3, 0.4) is 0 Å². The molecule has 0 aliphatic heterocycles. The molecule has 0 radical (unpaired) electrons. The molecule has 0 aromatic rings. The van der Waals surface area contributed by atoms with Crippen LogP contribution in [0.5, 0.6) is 0 Å². The van der Waals surface area contributed by atoms with Gasteiger partial charge < -0.3 is 15.3 Å². The second-order valence-electron chi connectivity index (χ2n) is 2.32. The quantitative estimate of drug-likeness (QED) is 0.515. The summed E-state index contributed by atoms with van der Waals surface area (Å²) in [5.41, 5.74) is -0.630. The van der Waals surface area contributed by atoms with Gasteiger partial charge in [0.2, 0.25) is 0 Å². The molecule has 0 bridgehead atoms. The van der Waals surface area contributed by atoms with Gasteiger partial charge in [-0.1, -0.05) is 6.58 Å². The van der Waals surface area contributed by atoms with Gasteiger partial charge in [0.15, 0.2) is 0 Å². The van der Waals surface area contributed by atoms with Crippen LogP contribution in [0, 0.1) is 5.92 Å². The molecule has 0 spiro atoms. The number of hydrogen-bond donors (Lipinski definition) is 3. The van der Waals surface area contributed by atoms with Crippen LogP contribution >= 0.6 is 0 Å². The summed E-state index contributed by atoms with van der Waals surface area (Å²) in [4.78, 5) is 30.8. The van der Waals surface area contributed by atoms with E-state index in [2.05, 4.69) is 6.58 Å². The molecule has 72 valence electrons. The van der Waals surface area contributed by atoms with E-state index >= 15 is 0 Å². The van der Waals surface area contributed by atoms with Crippen LogP contribution in [0.15, 0.2) is 12.2 Å². The predicted octanol–water partition coefficient (Wildman–Crippen LogP) is -0.197. The molecule has 1 atom stereocenters. The Morgan fingerprint density at radius 3 is 1.85 bits per heavy atom. The molecule has 0 aliphatic carbocycles. The number of aliphatic carboxylic acids is 3. The van der Waals surface area contributed by atoms with Crippen LogP contribution < -0.4 is 0 Å². The maximum absolute atomic E-state index is 10.4. The van der Waals surface area contributed by atoms with E-state index in [-0.39, 0.29) is 0 Å². The number of hydrogen-bond acceptors (Lipinski definition) is 3. The van der Waals surface area contributed by atoms with Crippen molar-refractivity contribution in [1.82, 2.24) is 0 Å². The van der Waals surface area contributed by atoms with Gasteiger partial charge in [-0.05, 0) is 0 Å². The summed E-state index contributed by atoms with van der Waals surface area (Å²) in [7, 11) is 0. The summed E-state index contributed by atoms with van der Waals surface area (Å²) >= 11 is 0. The maximum Gasteiger partial charge on any atom is 0.331 e. The molecule has 0 aromatic carbocycles. The van der Waals surface area contributed by atoms with E-state index in [1.165, 1.54) is 0 Å². The van der Waals surface area contributed by atoms with E-state index < -0.39 is 35.8 Å². The van der Waals surface area contributed by atoms with Gasteiger partial charge >= 0.3 is 17.9 Å². The van der Waals surface area contributed by atoms with Gasteiger partial charge in [-0.2, -0.15) is 0 Å². The van der Waals surface area contributed by atoms with Crippen LogP contribution in [0.4, 0.5) is 0 Å². The van der Waals surface area contributed by atoms with Gasteiger partial charge in [-0.3, -0.25) is 9.59 Å². The van der Waals surface area contributed by atoms with Crippen LogP contribution in [0.2, 0.25) is 0 Å². The highest BCUT2D eigenvalue weighted by Gasteiger charge is 2.27. The molecule has 0 rings (SSSR count). The fraction of sp³-hybridized carbons (Fsp3) is 0.286. The molecule has 0 heterocycles. The molecule has 0 aromatic heterocycles. The van der Waals surface area contributed by atoms with E-state index in [0.717, 1.165) is 0 Å². The minimum Gasteiger partial charge on any atom is -0.481 e. The fourth-order valence-corrected chi connectivity index (χ4v) is 0.683. The lowest BCUT2D eigenvalue weighted by molar-refractivity contribution is -0.148. The van der Waals surface area contributed by atoms with Crippen LogP contribution in [0.1, 0.15) is 6.42 Å². The van der Waals surface area contributed by atoms with Gasteiger partial charge in [0.05, 0.1) is 12.3 Å². The lowest BCUT2D eigenvalue weighted by atomic mass is 9.97. The summed E-state index contributed by atoms with van der Waals surface area (Å²) in [6, 6.07) is 0. The van der Waals surface area contributed by atoms with Crippen molar-refractivity contribution in [2.45, 2.75) is 6.42 Å². The molecule has 6 heteroatoms. The van der Waals surface area contributed by atoms with Crippen molar-refractivity contribution in [3.8, 4) is 0 Å². The summed E-state index contributed by atoms with van der Waals surface area (Å²) in [5, 5.41) is 25.1. The summed E-state index contributed by atoms with van der Waals surface area (Å²) in [6.07, 6.45) is -0.777. The summed E-state index contributed by atoms with van der Waals surface area (Å²) < 4.78 is 0. The van der Waals surface area contributed by atoms with Gasteiger partial charge in [0.1, 0.15) is 0 Å². The Kier molecular flexibility index (Phi) is 3.64. The Hall–Kier alpha value is -1.85. The summed E-state index contributed by atoms with van der Waals surface area (Å²) in [6.45, 7) is 2.99. The van der Waals surface area contributed by atoms with Gasteiger partial charge in [-0.25, -0.2) is 4.79 Å². The zero-order valence-corrected chi connectivity index (χ0v) is 6.56. The third-order valence-electron chi connectivity index (χ3n) is 1.37. The minimum absolute atomic E-state index is 0.630. The highest BCUT2D eigenvalue weighted by atomic mass is 16.4. The predicted molar refractivity (Wildman–Crippen MR) is 40.2 cm³/mol. The van der Waals surface area contributed by atoms with Crippen molar-refractivity contribution in [3.05, 3.63) is 12.2 Å². The Morgan fingerprint density at radius 1 is 1.15 bits per heavy atom. The van der Waals surface area contributed by atoms with Crippen molar-refractivity contribution in [2.24, 2.45) is 5.92 Å². The minimum atomic E-state index is -1.57. The van der Waals surface area contributed by atoms with E-state index in [0.29, 0.717) is 0 Å². The Bertz CT molecular complexity index is 266. The molecule has 0 saturated heterocycles. The third kappa shape index (κ3) is 3.37. The highest BCUT2D eigenvalue weighted by Crippen LogP contribution is 2.14. The lowest BCUT2D eigenvalue weighted by Gasteiger charge is -2.08. The third-order valence-corrected chi connectivity index (χ3v) is 1.37. The standard InChI is InChI=1S/C7H8O6/c1-3(6(10)11)4(7(12)13)2-5(8)9/h4H,1-2H2,(H,8,9)(H,10,11)(H,12,13). The molecule has 3 N–H and O–H groups in total. The molecule has 13 heavy (non-hydrogen) atoms. The second-order valence-corrected chi connectivity index (χ2v) is 2.32. The van der Waals surface area contributed by atoms with Crippen LogP contribution in [0.25, 0.3) is 0 Å². The van der Waals surface area contributed by atoms with Crippen molar-refractivity contribution >= 4 is 17.9 Å². The monoisotopic (exact) mass is 188 g/mol. The average Bonchev–Trinajstić information content (AvgIpc) is 1.97. The molecule has 0 amide bonds. The number of rotatable bonds is 5. The van der Waals surface area contributed by atoms with Gasteiger partial charge in [0, 0.05) is 5.57 Å². The average molecular weight is 188 g/mol. The zero-order chi connectivity index (χ0) is 10.6. The molecule has 0 saturated carbocycles. The number of carbonyl (C=O) groups is 3. The van der Waals surface area contributed by atoms with Crippen molar-refractivity contribution in [3.63, 3.8) is 0 Å². The van der Waals surface area contributed by atoms with Crippen LogP contribution in [-0.4, -0.2) is 33.2 Å². The molecule has 0 fully saturated rings. The molecule has 6 nitrogen and oxygen atoms in total. The Labute approximate surface area is 73.1 Å². The second kappa shape index (κ2) is 4.24. The summed E-state index contributed by atoms with van der Waals surface area (Å²) in [5.74, 6) is -5.96. The van der Waals surface area contributed by atoms with E-state index in [1.54, 1.807) is 0 Å². The molecule has 0 aliphatic rings. The van der Waals surface area contributed by atoms with Crippen molar-refractivity contribution < 1.29 is 29.7 Å². The first kappa shape index (κ1) is 11.2. The first-order valence-corrected chi connectivity index (χ1v) is 3.23. The first-order valence-electron chi connectivity index (χ1n) is 3.23.